The summed E-state index contributed by atoms with van der Waals surface area (Å²) in [4.78, 5) is 11.9. The van der Waals surface area contributed by atoms with Crippen LogP contribution in [0.25, 0.3) is 0 Å². The smallest absolute Gasteiger partial charge is 0.251 e. The molecule has 0 radical (unpaired) electrons. The number of rotatable bonds is 4. The zero-order chi connectivity index (χ0) is 13.0. The molecule has 6 heteroatoms. The van der Waals surface area contributed by atoms with E-state index in [4.69, 9.17) is 4.74 Å². The Morgan fingerprint density at radius 1 is 1.58 bits per heavy atom. The molecule has 1 aliphatic heterocycles. The SMILES string of the molecule is COc1cc(C(=O)NCC2CCCN2)ccc1F.Cl. The van der Waals surface area contributed by atoms with E-state index >= 15 is 0 Å². The average Bonchev–Trinajstić information content (AvgIpc) is 2.89. The highest BCUT2D eigenvalue weighted by atomic mass is 35.5. The van der Waals surface area contributed by atoms with Gasteiger partial charge in [-0.05, 0) is 37.6 Å². The quantitative estimate of drug-likeness (QED) is 0.887. The van der Waals surface area contributed by atoms with E-state index in [0.29, 0.717) is 18.2 Å². The summed E-state index contributed by atoms with van der Waals surface area (Å²) in [6.07, 6.45) is 2.22. The van der Waals surface area contributed by atoms with Crippen molar-refractivity contribution in [1.29, 1.82) is 0 Å². The Labute approximate surface area is 118 Å². The first-order valence-corrected chi connectivity index (χ1v) is 6.06. The minimum atomic E-state index is -0.466. The van der Waals surface area contributed by atoms with Gasteiger partial charge in [0, 0.05) is 18.2 Å². The number of amides is 1. The van der Waals surface area contributed by atoms with Gasteiger partial charge in [0.05, 0.1) is 7.11 Å². The molecule has 1 aromatic carbocycles. The van der Waals surface area contributed by atoms with Crippen molar-refractivity contribution in [3.05, 3.63) is 29.6 Å². The van der Waals surface area contributed by atoms with Gasteiger partial charge in [0.1, 0.15) is 0 Å². The molecule has 19 heavy (non-hydrogen) atoms. The Bertz CT molecular complexity index is 437. The maximum Gasteiger partial charge on any atom is 0.251 e. The number of ether oxygens (including phenoxy) is 1. The van der Waals surface area contributed by atoms with Crippen LogP contribution < -0.4 is 15.4 Å². The van der Waals surface area contributed by atoms with Crippen LogP contribution in [0, 0.1) is 5.82 Å². The van der Waals surface area contributed by atoms with Gasteiger partial charge >= 0.3 is 0 Å². The third kappa shape index (κ3) is 4.08. The number of nitrogens with one attached hydrogen (secondary N) is 2. The van der Waals surface area contributed by atoms with Crippen molar-refractivity contribution in [3.63, 3.8) is 0 Å². The molecule has 0 spiro atoms. The third-order valence-corrected chi connectivity index (χ3v) is 3.08. The number of hydrogen-bond donors (Lipinski definition) is 2. The molecule has 1 amide bonds. The average molecular weight is 289 g/mol. The molecule has 0 aliphatic carbocycles. The standard InChI is InChI=1S/C13H17FN2O2.ClH/c1-18-12-7-9(4-5-11(12)14)13(17)16-8-10-3-2-6-15-10;/h4-5,7,10,15H,2-3,6,8H2,1H3,(H,16,17);1H. The molecule has 0 bridgehead atoms. The summed E-state index contributed by atoms with van der Waals surface area (Å²) < 4.78 is 18.0. The second-order valence-electron chi connectivity index (χ2n) is 4.35. The summed E-state index contributed by atoms with van der Waals surface area (Å²) in [5.74, 6) is -0.588. The van der Waals surface area contributed by atoms with Gasteiger partial charge in [-0.3, -0.25) is 4.79 Å². The van der Waals surface area contributed by atoms with Gasteiger partial charge in [-0.15, -0.1) is 12.4 Å². The van der Waals surface area contributed by atoms with Crippen molar-refractivity contribution in [2.75, 3.05) is 20.2 Å². The van der Waals surface area contributed by atoms with E-state index < -0.39 is 5.82 Å². The molecule has 106 valence electrons. The van der Waals surface area contributed by atoms with E-state index in [2.05, 4.69) is 10.6 Å². The van der Waals surface area contributed by atoms with E-state index in [0.717, 1.165) is 19.4 Å². The van der Waals surface area contributed by atoms with Crippen molar-refractivity contribution >= 4 is 18.3 Å². The molecule has 1 aliphatic rings. The van der Waals surface area contributed by atoms with Crippen LogP contribution in [0.4, 0.5) is 4.39 Å². The Kier molecular flexibility index (Phi) is 6.05. The molecular weight excluding hydrogens is 271 g/mol. The molecule has 1 heterocycles. The Morgan fingerprint density at radius 2 is 2.37 bits per heavy atom. The van der Waals surface area contributed by atoms with Crippen molar-refractivity contribution in [3.8, 4) is 5.75 Å². The summed E-state index contributed by atoms with van der Waals surface area (Å²) >= 11 is 0. The van der Waals surface area contributed by atoms with Crippen LogP contribution in [0.1, 0.15) is 23.2 Å². The minimum absolute atomic E-state index is 0. The first-order chi connectivity index (χ1) is 8.70. The second-order valence-corrected chi connectivity index (χ2v) is 4.35. The first kappa shape index (κ1) is 15.7. The lowest BCUT2D eigenvalue weighted by Crippen LogP contribution is -2.37. The van der Waals surface area contributed by atoms with E-state index in [1.165, 1.54) is 25.3 Å². The molecule has 0 aromatic heterocycles. The highest BCUT2D eigenvalue weighted by Gasteiger charge is 2.16. The number of benzene rings is 1. The normalized spacial score (nSPS) is 17.7. The highest BCUT2D eigenvalue weighted by molar-refractivity contribution is 5.94. The molecule has 1 aromatic rings. The molecule has 1 atom stereocenters. The largest absolute Gasteiger partial charge is 0.494 e. The van der Waals surface area contributed by atoms with Gasteiger partial charge in [-0.2, -0.15) is 0 Å². The highest BCUT2D eigenvalue weighted by Crippen LogP contribution is 2.18. The van der Waals surface area contributed by atoms with Gasteiger partial charge in [0.2, 0.25) is 0 Å². The summed E-state index contributed by atoms with van der Waals surface area (Å²) in [5, 5.41) is 6.13. The van der Waals surface area contributed by atoms with Crippen LogP contribution >= 0.6 is 12.4 Å². The van der Waals surface area contributed by atoms with Crippen LogP contribution in [-0.2, 0) is 0 Å². The van der Waals surface area contributed by atoms with E-state index in [9.17, 15) is 9.18 Å². The van der Waals surface area contributed by atoms with Crippen LogP contribution in [0.15, 0.2) is 18.2 Å². The lowest BCUT2D eigenvalue weighted by molar-refractivity contribution is 0.0950. The van der Waals surface area contributed by atoms with E-state index in [1.807, 2.05) is 0 Å². The zero-order valence-corrected chi connectivity index (χ0v) is 11.6. The van der Waals surface area contributed by atoms with E-state index in [1.54, 1.807) is 0 Å². The van der Waals surface area contributed by atoms with Crippen molar-refractivity contribution in [2.45, 2.75) is 18.9 Å². The fourth-order valence-electron chi connectivity index (χ4n) is 2.05. The van der Waals surface area contributed by atoms with E-state index in [-0.39, 0.29) is 24.1 Å². The number of methoxy groups -OCH3 is 1. The Morgan fingerprint density at radius 3 is 3.00 bits per heavy atom. The fourth-order valence-corrected chi connectivity index (χ4v) is 2.05. The Hall–Kier alpha value is -1.33. The monoisotopic (exact) mass is 288 g/mol. The fraction of sp³-hybridized carbons (Fsp3) is 0.462. The predicted molar refractivity (Wildman–Crippen MR) is 73.6 cm³/mol. The molecule has 2 rings (SSSR count). The van der Waals surface area contributed by atoms with Gasteiger partial charge in [0.25, 0.3) is 5.91 Å². The maximum atomic E-state index is 13.2. The number of halogens is 2. The van der Waals surface area contributed by atoms with Gasteiger partial charge in [0.15, 0.2) is 11.6 Å². The summed E-state index contributed by atoms with van der Waals surface area (Å²) in [5.41, 5.74) is 0.409. The number of carbonyl (C=O) groups excluding carboxylic acids is 1. The van der Waals surface area contributed by atoms with Crippen molar-refractivity contribution in [2.24, 2.45) is 0 Å². The van der Waals surface area contributed by atoms with Crippen LogP contribution in [0.2, 0.25) is 0 Å². The number of hydrogen-bond acceptors (Lipinski definition) is 3. The van der Waals surface area contributed by atoms with Crippen molar-refractivity contribution < 1.29 is 13.9 Å². The summed E-state index contributed by atoms with van der Waals surface area (Å²) in [6, 6.07) is 4.44. The minimum Gasteiger partial charge on any atom is -0.494 e. The lowest BCUT2D eigenvalue weighted by atomic mass is 10.2. The van der Waals surface area contributed by atoms with Crippen LogP contribution in [0.5, 0.6) is 5.75 Å². The molecule has 1 unspecified atom stereocenters. The first-order valence-electron chi connectivity index (χ1n) is 6.06. The lowest BCUT2D eigenvalue weighted by Gasteiger charge is -2.12. The second kappa shape index (κ2) is 7.31. The van der Waals surface area contributed by atoms with Crippen molar-refractivity contribution in [1.82, 2.24) is 10.6 Å². The summed E-state index contributed by atoms with van der Waals surface area (Å²) in [6.45, 7) is 1.60. The van der Waals surface area contributed by atoms with Crippen LogP contribution in [-0.4, -0.2) is 32.1 Å². The Balaban J connectivity index is 0.00000180. The maximum absolute atomic E-state index is 13.2. The van der Waals surface area contributed by atoms with Gasteiger partial charge < -0.3 is 15.4 Å². The molecule has 1 saturated heterocycles. The molecular formula is C13H18ClFN2O2. The molecule has 0 saturated carbocycles. The van der Waals surface area contributed by atoms with Gasteiger partial charge in [-0.25, -0.2) is 4.39 Å². The molecule has 1 fully saturated rings. The third-order valence-electron chi connectivity index (χ3n) is 3.08. The number of carbonyl (C=O) groups is 1. The zero-order valence-electron chi connectivity index (χ0n) is 10.7. The molecule has 2 N–H and O–H groups in total. The van der Waals surface area contributed by atoms with Crippen LogP contribution in [0.3, 0.4) is 0 Å². The van der Waals surface area contributed by atoms with Gasteiger partial charge in [-0.1, -0.05) is 0 Å². The summed E-state index contributed by atoms with van der Waals surface area (Å²) in [7, 11) is 1.38. The molecule has 4 nitrogen and oxygen atoms in total. The topological polar surface area (TPSA) is 50.4 Å². The predicted octanol–water partition coefficient (Wildman–Crippen LogP) is 1.74.